The van der Waals surface area contributed by atoms with Crippen LogP contribution in [-0.2, 0) is 47.9 Å². The number of hydrogen-bond acceptors (Lipinski definition) is 7. The maximum Gasteiger partial charge on any atom is 0.306 e. The number of halogens is 1. The van der Waals surface area contributed by atoms with Crippen molar-refractivity contribution < 1.29 is 29.3 Å². The van der Waals surface area contributed by atoms with Crippen molar-refractivity contribution >= 4 is 27.9 Å². The molecule has 74 heavy (non-hydrogen) atoms. The molecular formula is C65H83BrN2O6. The van der Waals surface area contributed by atoms with E-state index in [0.29, 0.717) is 29.5 Å². The van der Waals surface area contributed by atoms with Crippen molar-refractivity contribution in [1.82, 2.24) is 9.97 Å². The summed E-state index contributed by atoms with van der Waals surface area (Å²) in [7, 11) is 0. The van der Waals surface area contributed by atoms with Gasteiger partial charge in [0.25, 0.3) is 0 Å². The van der Waals surface area contributed by atoms with Crippen LogP contribution in [0.1, 0.15) is 201 Å². The molecule has 2 atom stereocenters. The van der Waals surface area contributed by atoms with E-state index in [9.17, 15) is 19.8 Å². The van der Waals surface area contributed by atoms with Crippen molar-refractivity contribution in [3.63, 3.8) is 0 Å². The van der Waals surface area contributed by atoms with Crippen LogP contribution in [0.4, 0.5) is 0 Å². The normalized spacial score (nSPS) is 16.1. The van der Waals surface area contributed by atoms with Gasteiger partial charge in [-0.15, -0.1) is 0 Å². The summed E-state index contributed by atoms with van der Waals surface area (Å²) in [6.07, 6.45) is 17.1. The molecule has 6 aromatic rings. The number of benzene rings is 4. The highest BCUT2D eigenvalue weighted by Crippen LogP contribution is 2.51. The van der Waals surface area contributed by atoms with Gasteiger partial charge in [-0.3, -0.25) is 19.6 Å². The van der Waals surface area contributed by atoms with Crippen LogP contribution in [-0.4, -0.2) is 38.7 Å². The number of carboxylic acid groups (broad SMARTS) is 1. The zero-order valence-electron chi connectivity index (χ0n) is 44.8. The lowest BCUT2D eigenvalue weighted by Crippen LogP contribution is -2.37. The number of phenolic OH excluding ortho intramolecular Hbond substituents is 1. The monoisotopic (exact) mass is 1070 g/mol. The van der Waals surface area contributed by atoms with Gasteiger partial charge in [0, 0.05) is 42.0 Å². The number of ether oxygens (including phenoxy) is 2. The minimum absolute atomic E-state index is 0. The summed E-state index contributed by atoms with van der Waals surface area (Å²) in [6.45, 7) is 21.5. The fourth-order valence-corrected chi connectivity index (χ4v) is 11.6. The second-order valence-corrected chi connectivity index (χ2v) is 21.9. The van der Waals surface area contributed by atoms with Crippen LogP contribution in [0.3, 0.4) is 0 Å². The first-order chi connectivity index (χ1) is 35.0. The van der Waals surface area contributed by atoms with Crippen LogP contribution in [0, 0.1) is 0 Å². The van der Waals surface area contributed by atoms with E-state index < -0.39 is 5.97 Å². The van der Waals surface area contributed by atoms with Crippen molar-refractivity contribution in [1.29, 1.82) is 0 Å². The van der Waals surface area contributed by atoms with Crippen LogP contribution >= 0.6 is 15.9 Å². The van der Waals surface area contributed by atoms with Gasteiger partial charge < -0.3 is 19.7 Å². The first-order valence-electron chi connectivity index (χ1n) is 26.5. The predicted octanol–water partition coefficient (Wildman–Crippen LogP) is 16.6. The fourth-order valence-electron chi connectivity index (χ4n) is 11.3. The first kappa shape index (κ1) is 59.1. The standard InChI is InChI=1S/C31H37NO3.C17H25Br.C16H17NO3.CH4/c1-5-31(6-2)16-15-30(3,4)28-19-22(7-12-27(28)31)21-35-25-10-8-23(9-11-25)26(20-29(33)34)24-13-17-32-18-14-24;1-5-17(6-2)10-9-16(3,4)15-11-13(12-18)7-8-14(15)17;1-2-20-16(19)11-15(13-7-9-17-10-8-13)12-3-5-14(18)6-4-12;/h7-14,17-19,26H,5-6,15-16,20-21H2,1-4H3,(H,33,34);7-8,11H,5-6,9-10,12H2,1-4H3;3-10,15,18H,2,11H2,1H3;1H4. The second kappa shape index (κ2) is 26.6. The van der Waals surface area contributed by atoms with Gasteiger partial charge in [-0.1, -0.05) is 139 Å². The Labute approximate surface area is 451 Å². The van der Waals surface area contributed by atoms with Gasteiger partial charge >= 0.3 is 11.9 Å². The number of hydrogen-bond donors (Lipinski definition) is 2. The van der Waals surface area contributed by atoms with E-state index in [1.807, 2.05) is 60.7 Å². The maximum absolute atomic E-state index is 11.8. The molecule has 9 heteroatoms. The minimum atomic E-state index is -0.822. The third kappa shape index (κ3) is 14.3. The summed E-state index contributed by atoms with van der Waals surface area (Å²) < 4.78 is 11.2. The number of alkyl halides is 1. The molecule has 0 radical (unpaired) electrons. The van der Waals surface area contributed by atoms with Crippen LogP contribution in [0.15, 0.2) is 134 Å². The Morgan fingerprint density at radius 3 is 1.42 bits per heavy atom. The quantitative estimate of drug-likeness (QED) is 0.0685. The highest BCUT2D eigenvalue weighted by Gasteiger charge is 2.42. The Kier molecular flexibility index (Phi) is 21.2. The Hall–Kier alpha value is -5.80. The fraction of sp³-hybridized carbons (Fsp3) is 0.446. The van der Waals surface area contributed by atoms with Gasteiger partial charge in [0.2, 0.25) is 0 Å². The van der Waals surface area contributed by atoms with Gasteiger partial charge in [0.15, 0.2) is 0 Å². The molecule has 2 aromatic heterocycles. The molecule has 0 bridgehead atoms. The molecule has 0 aliphatic heterocycles. The van der Waals surface area contributed by atoms with E-state index in [0.717, 1.165) is 33.3 Å². The molecule has 396 valence electrons. The molecular weight excluding hydrogens is 985 g/mol. The summed E-state index contributed by atoms with van der Waals surface area (Å²) in [5, 5.41) is 19.7. The minimum Gasteiger partial charge on any atom is -0.508 e. The molecule has 2 aliphatic carbocycles. The van der Waals surface area contributed by atoms with Crippen molar-refractivity contribution in [2.75, 3.05) is 6.61 Å². The lowest BCUT2D eigenvalue weighted by atomic mass is 9.59. The Morgan fingerprint density at radius 1 is 0.568 bits per heavy atom. The molecule has 2 unspecified atom stereocenters. The number of pyridine rings is 2. The highest BCUT2D eigenvalue weighted by molar-refractivity contribution is 9.08. The van der Waals surface area contributed by atoms with Gasteiger partial charge in [-0.2, -0.15) is 0 Å². The van der Waals surface area contributed by atoms with E-state index in [1.165, 1.54) is 73.6 Å². The summed E-state index contributed by atoms with van der Waals surface area (Å²) in [5.41, 5.74) is 13.9. The van der Waals surface area contributed by atoms with E-state index in [4.69, 9.17) is 9.47 Å². The number of carbonyl (C=O) groups excluding carboxylic acids is 1. The van der Waals surface area contributed by atoms with Crippen LogP contribution < -0.4 is 4.74 Å². The maximum atomic E-state index is 11.8. The second-order valence-electron chi connectivity index (χ2n) is 21.4. The summed E-state index contributed by atoms with van der Waals surface area (Å²) in [4.78, 5) is 31.3. The lowest BCUT2D eigenvalue weighted by molar-refractivity contribution is -0.143. The van der Waals surface area contributed by atoms with E-state index in [1.54, 1.807) is 55.0 Å². The number of phenols is 1. The number of nitrogens with zero attached hydrogens (tertiary/aromatic N) is 2. The van der Waals surface area contributed by atoms with Gasteiger partial charge in [0.05, 0.1) is 19.4 Å². The number of esters is 1. The first-order valence-corrected chi connectivity index (χ1v) is 27.6. The molecule has 2 aliphatic rings. The predicted molar refractivity (Wildman–Crippen MR) is 306 cm³/mol. The smallest absolute Gasteiger partial charge is 0.306 e. The van der Waals surface area contributed by atoms with E-state index in [2.05, 4.69) is 118 Å². The molecule has 2 N–H and O–H groups in total. The number of aliphatic carboxylic acids is 1. The van der Waals surface area contributed by atoms with Crippen LogP contribution in [0.25, 0.3) is 0 Å². The molecule has 8 nitrogen and oxygen atoms in total. The molecule has 0 fully saturated rings. The Balaban J connectivity index is 0.000000221. The third-order valence-electron chi connectivity index (χ3n) is 16.3. The van der Waals surface area contributed by atoms with E-state index >= 15 is 0 Å². The topological polar surface area (TPSA) is 119 Å². The van der Waals surface area contributed by atoms with Crippen LogP contribution in [0.5, 0.6) is 11.5 Å². The SMILES string of the molecule is C.CCC1(CC)CCC(C)(C)c2cc(CBr)ccc21.CCC1(CC)CCC(C)(C)c2cc(COc3ccc(C(CC(=O)O)c4ccncc4)cc3)ccc21.CCOC(=O)CC(c1ccncc1)c1ccc(O)cc1. The lowest BCUT2D eigenvalue weighted by Gasteiger charge is -2.45. The third-order valence-corrected chi connectivity index (χ3v) is 17.0. The largest absolute Gasteiger partial charge is 0.508 e. The number of fused-ring (bicyclic) bond motifs is 2. The average Bonchev–Trinajstić information content (AvgIpc) is 3.41. The highest BCUT2D eigenvalue weighted by atomic mass is 79.9. The number of aromatic hydroxyl groups is 1. The molecule has 0 spiro atoms. The molecule has 4 aromatic carbocycles. The number of carboxylic acids is 1. The van der Waals surface area contributed by atoms with Gasteiger partial charge in [0.1, 0.15) is 18.1 Å². The molecule has 8 rings (SSSR count). The number of carbonyl (C=O) groups is 2. The molecule has 0 saturated carbocycles. The summed E-state index contributed by atoms with van der Waals surface area (Å²) in [6, 6.07) is 36.3. The summed E-state index contributed by atoms with van der Waals surface area (Å²) >= 11 is 3.59. The van der Waals surface area contributed by atoms with Gasteiger partial charge in [-0.05, 0) is 184 Å². The Morgan fingerprint density at radius 2 is 0.986 bits per heavy atom. The van der Waals surface area contributed by atoms with Crippen LogP contribution in [0.2, 0.25) is 0 Å². The Bertz CT molecular complexity index is 2690. The van der Waals surface area contributed by atoms with Crippen molar-refractivity contribution in [2.45, 2.75) is 179 Å². The zero-order valence-corrected chi connectivity index (χ0v) is 46.4. The van der Waals surface area contributed by atoms with Crippen molar-refractivity contribution in [3.05, 3.63) is 190 Å². The summed E-state index contributed by atoms with van der Waals surface area (Å²) in [5.74, 6) is -0.383. The number of aromatic nitrogens is 2. The molecule has 0 saturated heterocycles. The number of rotatable bonds is 17. The molecule has 0 amide bonds. The van der Waals surface area contributed by atoms with Crippen molar-refractivity contribution in [2.24, 2.45) is 0 Å². The van der Waals surface area contributed by atoms with Crippen molar-refractivity contribution in [3.8, 4) is 11.5 Å². The molecule has 2 heterocycles. The average molecular weight is 1070 g/mol. The van der Waals surface area contributed by atoms with E-state index in [-0.39, 0.29) is 49.2 Å². The van der Waals surface area contributed by atoms with Gasteiger partial charge in [-0.25, -0.2) is 0 Å². The zero-order chi connectivity index (χ0) is 52.8.